The number of benzene rings is 6. The fourth-order valence-electron chi connectivity index (χ4n) is 7.38. The van der Waals surface area contributed by atoms with Crippen LogP contribution in [0.15, 0.2) is 103 Å². The van der Waals surface area contributed by atoms with Crippen molar-refractivity contribution in [3.63, 3.8) is 0 Å². The number of rotatable bonds is 4. The van der Waals surface area contributed by atoms with Crippen LogP contribution >= 0.6 is 0 Å². The van der Waals surface area contributed by atoms with Crippen LogP contribution in [0.1, 0.15) is 33.4 Å². The van der Waals surface area contributed by atoms with Crippen LogP contribution in [-0.2, 0) is 6.18 Å². The van der Waals surface area contributed by atoms with Crippen LogP contribution in [0.5, 0.6) is 5.75 Å². The number of nitriles is 1. The molecular weight excluding hydrogens is 631 g/mol. The van der Waals surface area contributed by atoms with Crippen LogP contribution in [0, 0.1) is 39.0 Å². The number of ether oxygens (including phenoxy) is 1. The Labute approximate surface area is 287 Å². The summed E-state index contributed by atoms with van der Waals surface area (Å²) in [6.45, 7) is 7.82. The summed E-state index contributed by atoms with van der Waals surface area (Å²) in [5.41, 5.74) is 9.25. The maximum absolute atomic E-state index is 14.1. The van der Waals surface area contributed by atoms with Gasteiger partial charge >= 0.3 is 6.18 Å². The number of hydrogen-bond donors (Lipinski definition) is 0. The van der Waals surface area contributed by atoms with Gasteiger partial charge < -0.3 is 13.9 Å². The third-order valence-corrected chi connectivity index (χ3v) is 9.64. The Bertz CT molecular complexity index is 2680. The van der Waals surface area contributed by atoms with E-state index in [-0.39, 0.29) is 5.56 Å². The molecule has 0 N–H and O–H groups in total. The second-order valence-corrected chi connectivity index (χ2v) is 13.2. The van der Waals surface area contributed by atoms with E-state index in [4.69, 9.17) is 4.74 Å². The van der Waals surface area contributed by atoms with Crippen LogP contribution in [-0.4, -0.2) is 16.2 Å². The molecule has 0 aliphatic carbocycles. The summed E-state index contributed by atoms with van der Waals surface area (Å²) < 4.78 is 52.3. The number of alkyl halides is 3. The van der Waals surface area contributed by atoms with Crippen molar-refractivity contribution in [1.82, 2.24) is 9.13 Å². The lowest BCUT2D eigenvalue weighted by molar-refractivity contribution is -0.137. The molecule has 6 aromatic carbocycles. The smallest absolute Gasteiger partial charge is 0.416 e. The van der Waals surface area contributed by atoms with Crippen LogP contribution in [0.25, 0.3) is 66.1 Å². The quantitative estimate of drug-likeness (QED) is 0.188. The summed E-state index contributed by atoms with van der Waals surface area (Å²) in [6, 6.07) is 34.9. The molecule has 0 fully saturated rings. The number of hydrogen-bond acceptors (Lipinski definition) is 2. The fourth-order valence-corrected chi connectivity index (χ4v) is 7.38. The molecule has 0 aliphatic heterocycles. The molecule has 7 heteroatoms. The monoisotopic (exact) mass is 663 g/mol. The molecule has 2 heterocycles. The number of halogens is 3. The lowest BCUT2D eigenvalue weighted by Crippen LogP contribution is -2.07. The van der Waals surface area contributed by atoms with Gasteiger partial charge in [0.2, 0.25) is 0 Å². The van der Waals surface area contributed by atoms with Gasteiger partial charge in [-0.2, -0.15) is 18.4 Å². The van der Waals surface area contributed by atoms with Crippen molar-refractivity contribution in [1.29, 1.82) is 5.26 Å². The van der Waals surface area contributed by atoms with Crippen molar-refractivity contribution in [2.24, 2.45) is 0 Å². The lowest BCUT2D eigenvalue weighted by Gasteiger charge is -2.20. The first kappa shape index (κ1) is 31.3. The molecule has 246 valence electrons. The molecule has 8 rings (SSSR count). The topological polar surface area (TPSA) is 42.9 Å². The van der Waals surface area contributed by atoms with E-state index in [9.17, 15) is 18.4 Å². The van der Waals surface area contributed by atoms with Gasteiger partial charge in [-0.3, -0.25) is 0 Å². The Morgan fingerprint density at radius 1 is 0.560 bits per heavy atom. The average molecular weight is 664 g/mol. The molecule has 0 atom stereocenters. The lowest BCUT2D eigenvalue weighted by atomic mass is 9.95. The number of aryl methyl sites for hydroxylation is 4. The molecule has 0 unspecified atom stereocenters. The fraction of sp³-hybridized carbons (Fsp3) is 0.140. The second kappa shape index (κ2) is 11.3. The van der Waals surface area contributed by atoms with Crippen LogP contribution < -0.4 is 4.74 Å². The zero-order chi connectivity index (χ0) is 35.1. The van der Waals surface area contributed by atoms with Crippen molar-refractivity contribution in [2.75, 3.05) is 7.11 Å². The van der Waals surface area contributed by atoms with Crippen LogP contribution in [0.4, 0.5) is 13.2 Å². The minimum atomic E-state index is -4.54. The maximum atomic E-state index is 14.1. The second-order valence-electron chi connectivity index (χ2n) is 13.2. The zero-order valence-corrected chi connectivity index (χ0v) is 28.2. The van der Waals surface area contributed by atoms with Crippen molar-refractivity contribution in [3.8, 4) is 34.3 Å². The van der Waals surface area contributed by atoms with Crippen LogP contribution in [0.2, 0.25) is 0 Å². The molecule has 2 aromatic heterocycles. The normalized spacial score (nSPS) is 12.0. The average Bonchev–Trinajstić information content (AvgIpc) is 3.57. The van der Waals surface area contributed by atoms with Gasteiger partial charge in [0.1, 0.15) is 5.75 Å². The van der Waals surface area contributed by atoms with Gasteiger partial charge in [0.15, 0.2) is 0 Å². The van der Waals surface area contributed by atoms with E-state index >= 15 is 0 Å². The minimum absolute atomic E-state index is 0.269. The summed E-state index contributed by atoms with van der Waals surface area (Å²) in [5.74, 6) is 0.722. The highest BCUT2D eigenvalue weighted by atomic mass is 19.4. The van der Waals surface area contributed by atoms with Gasteiger partial charge in [0, 0.05) is 27.1 Å². The van der Waals surface area contributed by atoms with E-state index in [0.29, 0.717) is 16.7 Å². The van der Waals surface area contributed by atoms with E-state index < -0.39 is 11.7 Å². The summed E-state index contributed by atoms with van der Waals surface area (Å²) in [6.07, 6.45) is -4.54. The third kappa shape index (κ3) is 4.90. The van der Waals surface area contributed by atoms with Gasteiger partial charge in [-0.1, -0.05) is 41.0 Å². The van der Waals surface area contributed by atoms with Crippen LogP contribution in [0.3, 0.4) is 0 Å². The van der Waals surface area contributed by atoms with E-state index in [1.807, 2.05) is 30.3 Å². The highest BCUT2D eigenvalue weighted by Crippen LogP contribution is 2.43. The van der Waals surface area contributed by atoms with Crippen molar-refractivity contribution in [2.45, 2.75) is 33.9 Å². The summed E-state index contributed by atoms with van der Waals surface area (Å²) in [5, 5.41) is 14.8. The van der Waals surface area contributed by atoms with Gasteiger partial charge in [0.05, 0.1) is 57.7 Å². The molecule has 8 aromatic rings. The molecule has 0 bridgehead atoms. The predicted molar refractivity (Wildman–Crippen MR) is 196 cm³/mol. The molecule has 0 radical (unpaired) electrons. The Morgan fingerprint density at radius 2 is 1.04 bits per heavy atom. The predicted octanol–water partition coefficient (Wildman–Crippen LogP) is 11.7. The Balaban J connectivity index is 1.57. The van der Waals surface area contributed by atoms with E-state index in [0.717, 1.165) is 89.6 Å². The van der Waals surface area contributed by atoms with Crippen molar-refractivity contribution in [3.05, 3.63) is 137 Å². The Morgan fingerprint density at radius 3 is 1.52 bits per heavy atom. The van der Waals surface area contributed by atoms with E-state index in [1.165, 1.54) is 0 Å². The number of methoxy groups -OCH3 is 1. The zero-order valence-electron chi connectivity index (χ0n) is 28.2. The Hall–Kier alpha value is -6.00. The maximum Gasteiger partial charge on any atom is 0.416 e. The summed E-state index contributed by atoms with van der Waals surface area (Å²) in [4.78, 5) is 0. The van der Waals surface area contributed by atoms with Gasteiger partial charge in [-0.15, -0.1) is 0 Å². The molecule has 50 heavy (non-hydrogen) atoms. The van der Waals surface area contributed by atoms with Crippen molar-refractivity contribution >= 4 is 43.6 Å². The molecule has 0 spiro atoms. The standard InChI is InChI=1S/C43H32F3N3O/c1-24-6-10-37-33(16-24)34-17-25(2)7-11-38(34)49(37)42-22-32(28-14-27(4)15-30(19-28)43(44,45)46)29(23-47)20-41(42)48-39-12-8-26(3)18-35(39)36-21-31(50-5)9-13-40(36)48/h6-22H,1-5H3. The van der Waals surface area contributed by atoms with Gasteiger partial charge in [-0.05, 0) is 118 Å². The molecule has 0 amide bonds. The largest absolute Gasteiger partial charge is 0.497 e. The SMILES string of the molecule is COc1ccc2c(c1)c1cc(C)ccc1n2-c1cc(C#N)c(-c2cc(C)cc(C(F)(F)F)c2)cc1-n1c2ccc(C)cc2c2cc(C)ccc21. The number of nitrogens with zero attached hydrogens (tertiary/aromatic N) is 3. The number of fused-ring (bicyclic) bond motifs is 6. The highest BCUT2D eigenvalue weighted by molar-refractivity contribution is 6.12. The van der Waals surface area contributed by atoms with Gasteiger partial charge in [-0.25, -0.2) is 0 Å². The van der Waals surface area contributed by atoms with Gasteiger partial charge in [0.25, 0.3) is 0 Å². The molecule has 0 saturated heterocycles. The highest BCUT2D eigenvalue weighted by Gasteiger charge is 2.31. The summed E-state index contributed by atoms with van der Waals surface area (Å²) in [7, 11) is 1.64. The molecule has 4 nitrogen and oxygen atoms in total. The molecule has 0 saturated carbocycles. The van der Waals surface area contributed by atoms with Crippen molar-refractivity contribution < 1.29 is 17.9 Å². The first-order chi connectivity index (χ1) is 23.9. The summed E-state index contributed by atoms with van der Waals surface area (Å²) >= 11 is 0. The Kier molecular flexibility index (Phi) is 7.06. The molecular formula is C43H32F3N3O. The molecule has 0 aliphatic rings. The third-order valence-electron chi connectivity index (χ3n) is 9.64. The first-order valence-corrected chi connectivity index (χ1v) is 16.3. The number of aromatic nitrogens is 2. The minimum Gasteiger partial charge on any atom is -0.497 e. The van der Waals surface area contributed by atoms with E-state index in [1.54, 1.807) is 20.1 Å². The van der Waals surface area contributed by atoms with E-state index in [2.05, 4.69) is 90.6 Å². The first-order valence-electron chi connectivity index (χ1n) is 16.3.